The zero-order chi connectivity index (χ0) is 21.0. The molecule has 0 amide bonds. The Morgan fingerprint density at radius 3 is 2.84 bits per heavy atom. The van der Waals surface area contributed by atoms with E-state index in [-0.39, 0.29) is 6.10 Å². The molecule has 0 spiro atoms. The van der Waals surface area contributed by atoms with E-state index in [0.29, 0.717) is 0 Å². The lowest BCUT2D eigenvalue weighted by Gasteiger charge is -2.14. The Labute approximate surface area is 193 Å². The molecule has 0 saturated carbocycles. The second kappa shape index (κ2) is 9.52. The number of ether oxygens (including phenoxy) is 2. The van der Waals surface area contributed by atoms with Crippen LogP contribution in [-0.2, 0) is 17.0 Å². The maximum absolute atomic E-state index is 5.88. The number of methoxy groups -OCH3 is 1. The third-order valence-electron chi connectivity index (χ3n) is 5.11. The minimum atomic E-state index is 0.231. The van der Waals surface area contributed by atoms with Crippen molar-refractivity contribution < 1.29 is 9.47 Å². The van der Waals surface area contributed by atoms with Gasteiger partial charge < -0.3 is 9.47 Å². The van der Waals surface area contributed by atoms with Crippen molar-refractivity contribution in [2.24, 2.45) is 0 Å². The Balaban J connectivity index is 1.32. The molecule has 4 heterocycles. The Morgan fingerprint density at radius 1 is 1.19 bits per heavy atom. The summed E-state index contributed by atoms with van der Waals surface area (Å²) in [5.41, 5.74) is 2.15. The molecular weight excluding hydrogens is 448 g/mol. The van der Waals surface area contributed by atoms with Crippen molar-refractivity contribution in [3.05, 3.63) is 52.9 Å². The highest BCUT2D eigenvalue weighted by Crippen LogP contribution is 2.32. The van der Waals surface area contributed by atoms with Gasteiger partial charge in [-0.05, 0) is 48.6 Å². The number of aromatic nitrogens is 4. The van der Waals surface area contributed by atoms with Crippen molar-refractivity contribution in [3.63, 3.8) is 0 Å². The fourth-order valence-electron chi connectivity index (χ4n) is 3.52. The molecule has 0 radical (unpaired) electrons. The van der Waals surface area contributed by atoms with Crippen LogP contribution in [0.5, 0.6) is 5.75 Å². The van der Waals surface area contributed by atoms with E-state index in [1.807, 2.05) is 30.3 Å². The molecule has 6 nitrogen and oxygen atoms in total. The quantitative estimate of drug-likeness (QED) is 0.312. The van der Waals surface area contributed by atoms with E-state index in [1.54, 1.807) is 41.5 Å². The van der Waals surface area contributed by atoms with Crippen LogP contribution in [0.15, 0.2) is 52.3 Å². The molecule has 1 aliphatic rings. The summed E-state index contributed by atoms with van der Waals surface area (Å²) < 4.78 is 13.3. The summed E-state index contributed by atoms with van der Waals surface area (Å²) in [5.74, 6) is 2.52. The van der Waals surface area contributed by atoms with Gasteiger partial charge in [0.25, 0.3) is 0 Å². The van der Waals surface area contributed by atoms with Gasteiger partial charge in [0.2, 0.25) is 0 Å². The van der Waals surface area contributed by atoms with Gasteiger partial charge in [-0.25, -0.2) is 4.98 Å². The number of hydrogen-bond donors (Lipinski definition) is 0. The molecule has 3 aromatic heterocycles. The van der Waals surface area contributed by atoms with Gasteiger partial charge >= 0.3 is 0 Å². The molecule has 1 atom stereocenters. The van der Waals surface area contributed by atoms with Gasteiger partial charge in [0.15, 0.2) is 11.0 Å². The van der Waals surface area contributed by atoms with E-state index >= 15 is 0 Å². The van der Waals surface area contributed by atoms with Gasteiger partial charge in [0.05, 0.1) is 30.3 Å². The molecule has 4 aromatic rings. The summed E-state index contributed by atoms with van der Waals surface area (Å²) >= 11 is 5.02. The molecular formula is C22H22N4O2S3. The molecule has 0 aliphatic carbocycles. The predicted molar refractivity (Wildman–Crippen MR) is 126 cm³/mol. The molecule has 9 heteroatoms. The first-order valence-corrected chi connectivity index (χ1v) is 12.8. The van der Waals surface area contributed by atoms with Crippen LogP contribution in [0.2, 0.25) is 0 Å². The molecule has 1 saturated heterocycles. The first kappa shape index (κ1) is 20.7. The predicted octanol–water partition coefficient (Wildman–Crippen LogP) is 5.61. The van der Waals surface area contributed by atoms with Crippen molar-refractivity contribution in [3.8, 4) is 27.0 Å². The Hall–Kier alpha value is -2.20. The highest BCUT2D eigenvalue weighted by atomic mass is 32.2. The normalized spacial score (nSPS) is 16.1. The minimum Gasteiger partial charge on any atom is -0.497 e. The van der Waals surface area contributed by atoms with E-state index in [9.17, 15) is 0 Å². The number of rotatable bonds is 8. The number of thioether (sulfide) groups is 1. The zero-order valence-electron chi connectivity index (χ0n) is 17.1. The first-order chi connectivity index (χ1) is 15.3. The molecule has 31 heavy (non-hydrogen) atoms. The van der Waals surface area contributed by atoms with Crippen LogP contribution in [0, 0.1) is 0 Å². The summed E-state index contributed by atoms with van der Waals surface area (Å²) in [6.07, 6.45) is 2.44. The number of thiophene rings is 1. The zero-order valence-corrected chi connectivity index (χ0v) is 19.5. The Kier molecular flexibility index (Phi) is 6.35. The molecule has 0 bridgehead atoms. The van der Waals surface area contributed by atoms with E-state index in [0.717, 1.165) is 69.6 Å². The maximum Gasteiger partial charge on any atom is 0.191 e. The molecule has 0 N–H and O–H groups in total. The largest absolute Gasteiger partial charge is 0.497 e. The summed E-state index contributed by atoms with van der Waals surface area (Å²) in [6.45, 7) is 1.63. The van der Waals surface area contributed by atoms with Crippen molar-refractivity contribution in [1.29, 1.82) is 0 Å². The summed E-state index contributed by atoms with van der Waals surface area (Å²) in [5, 5.41) is 15.1. The Morgan fingerprint density at radius 2 is 2.10 bits per heavy atom. The van der Waals surface area contributed by atoms with Crippen LogP contribution in [0.1, 0.15) is 18.5 Å². The SMILES string of the molecule is COc1ccc(-c2nc(CSc3nnc(-c4cccs4)n3CC3CCCO3)cs2)cc1. The van der Waals surface area contributed by atoms with Crippen molar-refractivity contribution >= 4 is 34.4 Å². The standard InChI is InChI=1S/C22H22N4O2S3/c1-27-17-8-6-15(7-9-17)21-23-16(13-30-21)14-31-22-25-24-20(19-5-3-11-29-19)26(22)12-18-4-2-10-28-18/h3,5-9,11,13,18H,2,4,10,12,14H2,1H3. The van der Waals surface area contributed by atoms with Crippen molar-refractivity contribution in [2.45, 2.75) is 36.4 Å². The van der Waals surface area contributed by atoms with Gasteiger partial charge in [-0.3, -0.25) is 4.57 Å². The molecule has 1 fully saturated rings. The van der Waals surface area contributed by atoms with Crippen molar-refractivity contribution in [2.75, 3.05) is 13.7 Å². The average molecular weight is 471 g/mol. The highest BCUT2D eigenvalue weighted by Gasteiger charge is 2.22. The number of hydrogen-bond acceptors (Lipinski definition) is 8. The highest BCUT2D eigenvalue weighted by molar-refractivity contribution is 7.98. The summed E-state index contributed by atoms with van der Waals surface area (Å²) in [4.78, 5) is 5.95. The second-order valence-electron chi connectivity index (χ2n) is 7.19. The smallest absolute Gasteiger partial charge is 0.191 e. The van der Waals surface area contributed by atoms with Crippen LogP contribution in [0.25, 0.3) is 21.3 Å². The molecule has 160 valence electrons. The maximum atomic E-state index is 5.88. The third-order valence-corrected chi connectivity index (χ3v) is 7.91. The fraction of sp³-hybridized carbons (Fsp3) is 0.318. The fourth-order valence-corrected chi connectivity index (χ4v) is 6.01. The van der Waals surface area contributed by atoms with E-state index in [2.05, 4.69) is 31.6 Å². The van der Waals surface area contributed by atoms with Crippen LogP contribution in [-0.4, -0.2) is 39.6 Å². The van der Waals surface area contributed by atoms with E-state index < -0.39 is 0 Å². The lowest BCUT2D eigenvalue weighted by atomic mass is 10.2. The molecule has 5 rings (SSSR count). The summed E-state index contributed by atoms with van der Waals surface area (Å²) in [7, 11) is 1.68. The van der Waals surface area contributed by atoms with E-state index in [1.165, 1.54) is 0 Å². The van der Waals surface area contributed by atoms with Crippen LogP contribution in [0.3, 0.4) is 0 Å². The van der Waals surface area contributed by atoms with Crippen molar-refractivity contribution in [1.82, 2.24) is 19.7 Å². The number of nitrogens with zero attached hydrogens (tertiary/aromatic N) is 4. The number of thiazole rings is 1. The van der Waals surface area contributed by atoms with Crippen LogP contribution in [0.4, 0.5) is 0 Å². The van der Waals surface area contributed by atoms with Gasteiger partial charge in [-0.2, -0.15) is 0 Å². The lowest BCUT2D eigenvalue weighted by molar-refractivity contribution is 0.0953. The topological polar surface area (TPSA) is 62.1 Å². The van der Waals surface area contributed by atoms with Gasteiger partial charge in [0, 0.05) is 23.3 Å². The Bertz CT molecular complexity index is 1120. The second-order valence-corrected chi connectivity index (χ2v) is 9.94. The summed E-state index contributed by atoms with van der Waals surface area (Å²) in [6, 6.07) is 12.2. The lowest BCUT2D eigenvalue weighted by Crippen LogP contribution is -2.16. The third kappa shape index (κ3) is 4.69. The van der Waals surface area contributed by atoms with E-state index in [4.69, 9.17) is 14.5 Å². The molecule has 1 unspecified atom stereocenters. The number of benzene rings is 1. The van der Waals surface area contributed by atoms with Gasteiger partial charge in [-0.15, -0.1) is 32.9 Å². The minimum absolute atomic E-state index is 0.231. The van der Waals surface area contributed by atoms with Gasteiger partial charge in [0.1, 0.15) is 10.8 Å². The monoisotopic (exact) mass is 470 g/mol. The van der Waals surface area contributed by atoms with Crippen LogP contribution >= 0.6 is 34.4 Å². The molecule has 1 aliphatic heterocycles. The molecule has 1 aromatic carbocycles. The van der Waals surface area contributed by atoms with Crippen LogP contribution < -0.4 is 4.74 Å². The van der Waals surface area contributed by atoms with Gasteiger partial charge in [-0.1, -0.05) is 17.8 Å². The average Bonchev–Trinajstić information content (AvgIpc) is 3.61. The first-order valence-electron chi connectivity index (χ1n) is 10.1.